The van der Waals surface area contributed by atoms with E-state index in [0.29, 0.717) is 0 Å². The van der Waals surface area contributed by atoms with Gasteiger partial charge in [0.1, 0.15) is 4.90 Å². The molecule has 0 bridgehead atoms. The molecule has 1 aromatic carbocycles. The molecule has 0 saturated heterocycles. The van der Waals surface area contributed by atoms with E-state index in [4.69, 9.17) is 34.8 Å². The van der Waals surface area contributed by atoms with Gasteiger partial charge in [-0.05, 0) is 12.1 Å². The van der Waals surface area contributed by atoms with Gasteiger partial charge in [0.2, 0.25) is 0 Å². The number of rotatable bonds is 3. The van der Waals surface area contributed by atoms with Gasteiger partial charge >= 0.3 is 0 Å². The average Bonchev–Trinajstić information content (AvgIpc) is 2.11. The van der Waals surface area contributed by atoms with Crippen molar-refractivity contribution in [2.75, 3.05) is 7.11 Å². The Morgan fingerprint density at radius 3 is 2.20 bits per heavy atom. The van der Waals surface area contributed by atoms with Crippen molar-refractivity contribution in [2.24, 2.45) is 0 Å². The van der Waals surface area contributed by atoms with Crippen LogP contribution in [-0.2, 0) is 14.9 Å². The molecule has 1 rings (SSSR count). The second kappa shape index (κ2) is 4.86. The quantitative estimate of drug-likeness (QED) is 0.687. The monoisotopic (exact) mass is 289 g/mol. The molecule has 1 aromatic rings. The molecule has 0 aliphatic rings. The van der Waals surface area contributed by atoms with Gasteiger partial charge in [0.05, 0.1) is 22.2 Å². The lowest BCUT2D eigenvalue weighted by Crippen LogP contribution is -2.22. The summed E-state index contributed by atoms with van der Waals surface area (Å²) in [7, 11) is -2.66. The first-order valence-electron chi connectivity index (χ1n) is 3.58. The number of halogens is 3. The first kappa shape index (κ1) is 13.0. The molecule has 0 fully saturated rings. The van der Waals surface area contributed by atoms with Gasteiger partial charge in [0, 0.05) is 0 Å². The fraction of sp³-hybridized carbons (Fsp3) is 0.143. The van der Waals surface area contributed by atoms with Crippen molar-refractivity contribution >= 4 is 44.8 Å². The molecule has 0 aromatic heterocycles. The van der Waals surface area contributed by atoms with Gasteiger partial charge in [0.15, 0.2) is 0 Å². The van der Waals surface area contributed by atoms with Gasteiger partial charge in [0.25, 0.3) is 10.0 Å². The zero-order chi connectivity index (χ0) is 11.6. The Kier molecular flexibility index (Phi) is 4.22. The number of nitrogens with one attached hydrogen (secondary N) is 1. The third kappa shape index (κ3) is 2.96. The van der Waals surface area contributed by atoms with Gasteiger partial charge < -0.3 is 0 Å². The van der Waals surface area contributed by atoms with Crippen molar-refractivity contribution in [1.82, 2.24) is 4.89 Å². The van der Waals surface area contributed by atoms with Crippen LogP contribution in [0.4, 0.5) is 0 Å². The fourth-order valence-electron chi connectivity index (χ4n) is 0.865. The third-order valence-electron chi connectivity index (χ3n) is 1.46. The summed E-state index contributed by atoms with van der Waals surface area (Å²) in [5, 5.41) is 0.240. The fourth-order valence-corrected chi connectivity index (χ4v) is 2.68. The predicted octanol–water partition coefficient (Wildman–Crippen LogP) is 2.49. The van der Waals surface area contributed by atoms with Crippen LogP contribution in [0.1, 0.15) is 0 Å². The second-order valence-electron chi connectivity index (χ2n) is 2.49. The maximum absolute atomic E-state index is 11.5. The van der Waals surface area contributed by atoms with E-state index in [1.807, 2.05) is 4.89 Å². The predicted molar refractivity (Wildman–Crippen MR) is 58.8 cm³/mol. The molecule has 15 heavy (non-hydrogen) atoms. The van der Waals surface area contributed by atoms with Crippen LogP contribution < -0.4 is 4.89 Å². The number of hydrogen-bond acceptors (Lipinski definition) is 3. The smallest absolute Gasteiger partial charge is 0.263 e. The van der Waals surface area contributed by atoms with E-state index in [9.17, 15) is 8.42 Å². The molecule has 0 spiro atoms. The maximum Gasteiger partial charge on any atom is 0.263 e. The van der Waals surface area contributed by atoms with Crippen LogP contribution in [0.5, 0.6) is 0 Å². The van der Waals surface area contributed by atoms with Crippen molar-refractivity contribution in [3.05, 3.63) is 27.2 Å². The molecule has 4 nitrogen and oxygen atoms in total. The minimum atomic E-state index is -3.83. The molecular weight excluding hydrogens is 285 g/mol. The zero-order valence-corrected chi connectivity index (χ0v) is 10.5. The molecule has 0 heterocycles. The molecule has 1 N–H and O–H groups in total. The van der Waals surface area contributed by atoms with E-state index in [1.165, 1.54) is 13.2 Å². The first-order valence-corrected chi connectivity index (χ1v) is 6.19. The van der Waals surface area contributed by atoms with Gasteiger partial charge in [-0.3, -0.25) is 4.84 Å². The van der Waals surface area contributed by atoms with Crippen LogP contribution in [0.25, 0.3) is 0 Å². The normalized spacial score (nSPS) is 11.7. The van der Waals surface area contributed by atoms with Crippen molar-refractivity contribution < 1.29 is 13.3 Å². The summed E-state index contributed by atoms with van der Waals surface area (Å²) < 4.78 is 23.0. The Morgan fingerprint density at radius 1 is 1.13 bits per heavy atom. The SMILES string of the molecule is CONS(=O)(=O)c1cc(Cl)c(Cl)cc1Cl. The summed E-state index contributed by atoms with van der Waals surface area (Å²) in [6.07, 6.45) is 0. The molecule has 84 valence electrons. The standard InChI is InChI=1S/C7H6Cl3NO3S/c1-14-11-15(12,13)7-3-5(9)4(8)2-6(7)10/h2-3,11H,1H3. The van der Waals surface area contributed by atoms with Crippen molar-refractivity contribution in [3.8, 4) is 0 Å². The lowest BCUT2D eigenvalue weighted by Gasteiger charge is -2.07. The average molecular weight is 291 g/mol. The Hall–Kier alpha value is -0.0400. The topological polar surface area (TPSA) is 55.4 Å². The minimum Gasteiger partial charge on any atom is -0.290 e. The van der Waals surface area contributed by atoms with E-state index in [2.05, 4.69) is 4.84 Å². The number of benzene rings is 1. The highest BCUT2D eigenvalue weighted by molar-refractivity contribution is 7.89. The summed E-state index contributed by atoms with van der Waals surface area (Å²) in [6, 6.07) is 2.39. The van der Waals surface area contributed by atoms with Crippen molar-refractivity contribution in [3.63, 3.8) is 0 Å². The highest BCUT2D eigenvalue weighted by Gasteiger charge is 2.19. The Bertz CT molecular complexity index is 475. The van der Waals surface area contributed by atoms with Crippen LogP contribution in [0, 0.1) is 0 Å². The molecule has 0 amide bonds. The van der Waals surface area contributed by atoms with E-state index in [1.54, 1.807) is 0 Å². The van der Waals surface area contributed by atoms with E-state index < -0.39 is 10.0 Å². The van der Waals surface area contributed by atoms with Crippen LogP contribution in [0.15, 0.2) is 17.0 Å². The Balaban J connectivity index is 3.33. The highest BCUT2D eigenvalue weighted by Crippen LogP contribution is 2.31. The van der Waals surface area contributed by atoms with E-state index >= 15 is 0 Å². The molecule has 0 radical (unpaired) electrons. The van der Waals surface area contributed by atoms with Crippen molar-refractivity contribution in [2.45, 2.75) is 4.90 Å². The zero-order valence-electron chi connectivity index (χ0n) is 7.42. The molecule has 8 heteroatoms. The molecule has 0 atom stereocenters. The van der Waals surface area contributed by atoms with Gasteiger partial charge in [-0.25, -0.2) is 8.42 Å². The summed E-state index contributed by atoms with van der Waals surface area (Å²) in [6.45, 7) is 0. The van der Waals surface area contributed by atoms with Crippen LogP contribution in [0.2, 0.25) is 15.1 Å². The Morgan fingerprint density at radius 2 is 1.67 bits per heavy atom. The lowest BCUT2D eigenvalue weighted by molar-refractivity contribution is 0.153. The Labute approximate surface area is 102 Å². The largest absolute Gasteiger partial charge is 0.290 e. The number of sulfonamides is 1. The minimum absolute atomic E-state index is 0.0334. The number of hydrogen-bond donors (Lipinski definition) is 1. The molecular formula is C7H6Cl3NO3S. The molecule has 0 aliphatic carbocycles. The maximum atomic E-state index is 11.5. The third-order valence-corrected chi connectivity index (χ3v) is 3.91. The van der Waals surface area contributed by atoms with Crippen LogP contribution in [-0.4, -0.2) is 15.5 Å². The summed E-state index contributed by atoms with van der Waals surface area (Å²) in [4.78, 5) is 5.93. The van der Waals surface area contributed by atoms with Crippen LogP contribution in [0.3, 0.4) is 0 Å². The molecule has 0 unspecified atom stereocenters. The highest BCUT2D eigenvalue weighted by atomic mass is 35.5. The van der Waals surface area contributed by atoms with Gasteiger partial charge in [-0.15, -0.1) is 0 Å². The summed E-state index contributed by atoms with van der Waals surface area (Å²) in [5.41, 5.74) is 0. The summed E-state index contributed by atoms with van der Waals surface area (Å²) >= 11 is 17.0. The van der Waals surface area contributed by atoms with Gasteiger partial charge in [-0.1, -0.05) is 39.7 Å². The molecule has 0 aliphatic heterocycles. The van der Waals surface area contributed by atoms with E-state index in [0.717, 1.165) is 6.07 Å². The van der Waals surface area contributed by atoms with Gasteiger partial charge in [-0.2, -0.15) is 0 Å². The van der Waals surface area contributed by atoms with E-state index in [-0.39, 0.29) is 20.0 Å². The molecule has 0 saturated carbocycles. The lowest BCUT2D eigenvalue weighted by atomic mass is 10.4. The van der Waals surface area contributed by atoms with Crippen LogP contribution >= 0.6 is 34.8 Å². The second-order valence-corrected chi connectivity index (χ2v) is 5.32. The summed E-state index contributed by atoms with van der Waals surface area (Å²) in [5.74, 6) is 0. The first-order chi connectivity index (χ1) is 6.88. The van der Waals surface area contributed by atoms with Crippen molar-refractivity contribution in [1.29, 1.82) is 0 Å².